The number of nitriles is 1. The fourth-order valence-electron chi connectivity index (χ4n) is 2.18. The minimum atomic E-state index is -4.64. The number of anilines is 1. The summed E-state index contributed by atoms with van der Waals surface area (Å²) in [4.78, 5) is 0.112. The van der Waals surface area contributed by atoms with Crippen LogP contribution in [0.3, 0.4) is 0 Å². The van der Waals surface area contributed by atoms with Gasteiger partial charge in [-0.15, -0.1) is 0 Å². The van der Waals surface area contributed by atoms with E-state index < -0.39 is 27.3 Å². The molecule has 0 radical (unpaired) electrons. The summed E-state index contributed by atoms with van der Waals surface area (Å²) in [6.07, 6.45) is -4.64. The second kappa shape index (κ2) is 7.76. The van der Waals surface area contributed by atoms with E-state index in [-0.39, 0.29) is 23.7 Å². The molecule has 5 nitrogen and oxygen atoms in total. The van der Waals surface area contributed by atoms with Crippen molar-refractivity contribution >= 4 is 15.7 Å². The Bertz CT molecular complexity index is 918. The van der Waals surface area contributed by atoms with E-state index in [0.29, 0.717) is 0 Å². The van der Waals surface area contributed by atoms with E-state index in [4.69, 9.17) is 5.26 Å². The van der Waals surface area contributed by atoms with Crippen LogP contribution in [0.2, 0.25) is 0 Å². The van der Waals surface area contributed by atoms with Crippen molar-refractivity contribution in [1.29, 1.82) is 5.26 Å². The van der Waals surface area contributed by atoms with Gasteiger partial charge >= 0.3 is 6.18 Å². The molecule has 0 amide bonds. The highest BCUT2D eigenvalue weighted by molar-refractivity contribution is 7.89. The van der Waals surface area contributed by atoms with Crippen LogP contribution >= 0.6 is 0 Å². The molecular formula is C17H16F3N3O2S. The van der Waals surface area contributed by atoms with Gasteiger partial charge in [-0.2, -0.15) is 18.4 Å². The lowest BCUT2D eigenvalue weighted by atomic mass is 10.1. The van der Waals surface area contributed by atoms with E-state index >= 15 is 0 Å². The van der Waals surface area contributed by atoms with E-state index in [2.05, 4.69) is 10.0 Å². The quantitative estimate of drug-likeness (QED) is 0.750. The van der Waals surface area contributed by atoms with Crippen LogP contribution in [0, 0.1) is 18.3 Å². The molecule has 26 heavy (non-hydrogen) atoms. The van der Waals surface area contributed by atoms with Crippen LogP contribution in [0.1, 0.15) is 16.7 Å². The summed E-state index contributed by atoms with van der Waals surface area (Å²) in [7, 11) is -3.69. The highest BCUT2D eigenvalue weighted by Gasteiger charge is 2.33. The minimum Gasteiger partial charge on any atom is -0.384 e. The van der Waals surface area contributed by atoms with E-state index in [0.717, 1.165) is 17.7 Å². The van der Waals surface area contributed by atoms with Crippen LogP contribution in [0.5, 0.6) is 0 Å². The lowest BCUT2D eigenvalue weighted by Gasteiger charge is -2.13. The van der Waals surface area contributed by atoms with Gasteiger partial charge in [-0.1, -0.05) is 17.7 Å². The second-order valence-electron chi connectivity index (χ2n) is 5.51. The molecule has 0 aromatic heterocycles. The van der Waals surface area contributed by atoms with E-state index in [1.807, 2.05) is 6.92 Å². The Morgan fingerprint density at radius 2 is 1.73 bits per heavy atom. The maximum absolute atomic E-state index is 12.9. The molecule has 138 valence electrons. The number of halogens is 3. The Hall–Kier alpha value is -2.57. The SMILES string of the molecule is Cc1ccc(S(=O)(=O)NCCNc2ccc(C#N)c(C(F)(F)F)c2)cc1. The lowest BCUT2D eigenvalue weighted by molar-refractivity contribution is -0.137. The van der Waals surface area contributed by atoms with E-state index in [9.17, 15) is 21.6 Å². The van der Waals surface area contributed by atoms with Crippen molar-refractivity contribution in [2.75, 3.05) is 18.4 Å². The predicted octanol–water partition coefficient (Wildman–Crippen LogP) is 3.28. The molecule has 2 N–H and O–H groups in total. The minimum absolute atomic E-state index is 0.0163. The highest BCUT2D eigenvalue weighted by Crippen LogP contribution is 2.33. The van der Waals surface area contributed by atoms with Gasteiger partial charge in [-0.25, -0.2) is 13.1 Å². The second-order valence-corrected chi connectivity index (χ2v) is 7.27. The normalized spacial score (nSPS) is 11.8. The molecule has 2 aromatic rings. The largest absolute Gasteiger partial charge is 0.417 e. The fraction of sp³-hybridized carbons (Fsp3) is 0.235. The molecule has 0 bridgehead atoms. The smallest absolute Gasteiger partial charge is 0.384 e. The average molecular weight is 383 g/mol. The molecular weight excluding hydrogens is 367 g/mol. The van der Waals surface area contributed by atoms with Crippen LogP contribution in [0.15, 0.2) is 47.4 Å². The number of alkyl halides is 3. The Kier molecular flexibility index (Phi) is 5.90. The van der Waals surface area contributed by atoms with E-state index in [1.54, 1.807) is 12.1 Å². The number of hydrogen-bond acceptors (Lipinski definition) is 4. The zero-order valence-electron chi connectivity index (χ0n) is 13.8. The van der Waals surface area contributed by atoms with Crippen LogP contribution < -0.4 is 10.0 Å². The number of nitrogens with one attached hydrogen (secondary N) is 2. The molecule has 2 aromatic carbocycles. The van der Waals surface area contributed by atoms with Gasteiger partial charge < -0.3 is 5.32 Å². The average Bonchev–Trinajstić information content (AvgIpc) is 2.58. The van der Waals surface area contributed by atoms with Gasteiger partial charge in [0.05, 0.1) is 22.1 Å². The van der Waals surface area contributed by atoms with Gasteiger partial charge in [0.2, 0.25) is 10.0 Å². The topological polar surface area (TPSA) is 82.0 Å². The number of rotatable bonds is 6. The monoisotopic (exact) mass is 383 g/mol. The van der Waals surface area contributed by atoms with Crippen LogP contribution in [0.25, 0.3) is 0 Å². The van der Waals surface area contributed by atoms with Crippen molar-refractivity contribution in [2.24, 2.45) is 0 Å². The third kappa shape index (κ3) is 4.97. The van der Waals surface area contributed by atoms with Crippen molar-refractivity contribution < 1.29 is 21.6 Å². The Morgan fingerprint density at radius 1 is 1.08 bits per heavy atom. The maximum atomic E-state index is 12.9. The molecule has 0 unspecified atom stereocenters. The van der Waals surface area contributed by atoms with Crippen LogP contribution in [0.4, 0.5) is 18.9 Å². The van der Waals surface area contributed by atoms with Gasteiger partial charge in [-0.3, -0.25) is 0 Å². The summed E-state index contributed by atoms with van der Waals surface area (Å²) in [5, 5.41) is 11.5. The molecule has 0 fully saturated rings. The zero-order valence-corrected chi connectivity index (χ0v) is 14.6. The molecule has 0 aliphatic rings. The summed E-state index contributed by atoms with van der Waals surface area (Å²) < 4.78 is 65.3. The summed E-state index contributed by atoms with van der Waals surface area (Å²) in [6.45, 7) is 1.90. The zero-order chi connectivity index (χ0) is 19.4. The first-order chi connectivity index (χ1) is 12.1. The van der Waals surface area contributed by atoms with Gasteiger partial charge in [-0.05, 0) is 37.3 Å². The van der Waals surface area contributed by atoms with Gasteiger partial charge in [0, 0.05) is 18.8 Å². The van der Waals surface area contributed by atoms with Gasteiger partial charge in [0.25, 0.3) is 0 Å². The molecule has 0 spiro atoms. The summed E-state index contributed by atoms with van der Waals surface area (Å²) in [5.41, 5.74) is -0.439. The summed E-state index contributed by atoms with van der Waals surface area (Å²) in [5.74, 6) is 0. The Labute approximate surface area is 149 Å². The number of sulfonamides is 1. The van der Waals surface area contributed by atoms with Crippen molar-refractivity contribution in [3.8, 4) is 6.07 Å². The molecule has 0 saturated heterocycles. The van der Waals surface area contributed by atoms with Gasteiger partial charge in [0.15, 0.2) is 0 Å². The first-order valence-corrected chi connectivity index (χ1v) is 9.03. The molecule has 9 heteroatoms. The molecule has 2 rings (SSSR count). The number of benzene rings is 2. The third-order valence-corrected chi connectivity index (χ3v) is 5.00. The molecule has 0 aliphatic heterocycles. The first kappa shape index (κ1) is 19.8. The van der Waals surface area contributed by atoms with Crippen molar-refractivity contribution in [3.05, 3.63) is 59.2 Å². The molecule has 0 heterocycles. The number of aryl methyl sites for hydroxylation is 1. The maximum Gasteiger partial charge on any atom is 0.417 e. The number of hydrogen-bond donors (Lipinski definition) is 2. The standard InChI is InChI=1S/C17H16F3N3O2S/c1-12-2-6-15(7-3-12)26(24,25)23-9-8-22-14-5-4-13(11-21)16(10-14)17(18,19)20/h2-7,10,22-23H,8-9H2,1H3. The predicted molar refractivity (Wildman–Crippen MR) is 91.0 cm³/mol. The fourth-order valence-corrected chi connectivity index (χ4v) is 3.21. The molecule has 0 aliphatic carbocycles. The van der Waals surface area contributed by atoms with Crippen LogP contribution in [-0.4, -0.2) is 21.5 Å². The molecule has 0 atom stereocenters. The van der Waals surface area contributed by atoms with Crippen molar-refractivity contribution in [1.82, 2.24) is 4.72 Å². The first-order valence-electron chi connectivity index (χ1n) is 7.55. The Morgan fingerprint density at radius 3 is 2.31 bits per heavy atom. The number of nitrogens with zero attached hydrogens (tertiary/aromatic N) is 1. The van der Waals surface area contributed by atoms with Gasteiger partial charge in [0.1, 0.15) is 0 Å². The summed E-state index contributed by atoms with van der Waals surface area (Å²) in [6, 6.07) is 11.0. The highest BCUT2D eigenvalue weighted by atomic mass is 32.2. The van der Waals surface area contributed by atoms with Crippen molar-refractivity contribution in [2.45, 2.75) is 18.0 Å². The van der Waals surface area contributed by atoms with Crippen molar-refractivity contribution in [3.63, 3.8) is 0 Å². The van der Waals surface area contributed by atoms with Crippen LogP contribution in [-0.2, 0) is 16.2 Å². The third-order valence-electron chi connectivity index (χ3n) is 3.52. The van der Waals surface area contributed by atoms with E-state index in [1.165, 1.54) is 24.3 Å². The lowest BCUT2D eigenvalue weighted by Crippen LogP contribution is -2.29. The summed E-state index contributed by atoms with van der Waals surface area (Å²) >= 11 is 0. The molecule has 0 saturated carbocycles. The Balaban J connectivity index is 1.98.